The largest absolute Gasteiger partial charge is 0.379 e. The van der Waals surface area contributed by atoms with Gasteiger partial charge in [-0.25, -0.2) is 0 Å². The van der Waals surface area contributed by atoms with Crippen LogP contribution in [0.4, 0.5) is 0 Å². The first-order valence-electron chi connectivity index (χ1n) is 5.45. The molecule has 1 unspecified atom stereocenters. The van der Waals surface area contributed by atoms with Crippen LogP contribution in [0.5, 0.6) is 0 Å². The van der Waals surface area contributed by atoms with Gasteiger partial charge in [-0.15, -0.1) is 0 Å². The SMILES string of the molecule is COC(C)(C)CCC(NN)C1(C)CC1. The van der Waals surface area contributed by atoms with Crippen LogP contribution in [0.25, 0.3) is 0 Å². The summed E-state index contributed by atoms with van der Waals surface area (Å²) < 4.78 is 5.40. The van der Waals surface area contributed by atoms with Crippen molar-refractivity contribution >= 4 is 0 Å². The van der Waals surface area contributed by atoms with Gasteiger partial charge in [0.25, 0.3) is 0 Å². The molecule has 1 atom stereocenters. The molecule has 0 heterocycles. The van der Waals surface area contributed by atoms with E-state index in [1.165, 1.54) is 12.8 Å². The molecule has 3 N–H and O–H groups in total. The molecule has 3 nitrogen and oxygen atoms in total. The zero-order valence-corrected chi connectivity index (χ0v) is 9.89. The Hall–Kier alpha value is -0.120. The third-order valence-corrected chi connectivity index (χ3v) is 3.67. The van der Waals surface area contributed by atoms with E-state index in [4.69, 9.17) is 10.6 Å². The number of hydrazine groups is 1. The molecule has 1 rings (SSSR count). The fourth-order valence-electron chi connectivity index (χ4n) is 1.77. The van der Waals surface area contributed by atoms with Gasteiger partial charge in [0, 0.05) is 13.2 Å². The van der Waals surface area contributed by atoms with Gasteiger partial charge in [-0.2, -0.15) is 0 Å². The molecule has 0 amide bonds. The number of hydrogen-bond acceptors (Lipinski definition) is 3. The molecule has 0 saturated heterocycles. The van der Waals surface area contributed by atoms with Gasteiger partial charge in [0.2, 0.25) is 0 Å². The first-order valence-corrected chi connectivity index (χ1v) is 5.45. The molecular formula is C11H24N2O. The maximum atomic E-state index is 5.58. The summed E-state index contributed by atoms with van der Waals surface area (Å²) in [6.07, 6.45) is 4.74. The Kier molecular flexibility index (Phi) is 3.56. The van der Waals surface area contributed by atoms with E-state index in [1.54, 1.807) is 7.11 Å². The molecule has 84 valence electrons. The Bertz CT molecular complexity index is 188. The van der Waals surface area contributed by atoms with Crippen molar-refractivity contribution in [2.75, 3.05) is 7.11 Å². The second-order valence-corrected chi connectivity index (χ2v) is 5.38. The molecule has 14 heavy (non-hydrogen) atoms. The highest BCUT2D eigenvalue weighted by molar-refractivity contribution is 4.98. The molecule has 0 aromatic carbocycles. The van der Waals surface area contributed by atoms with E-state index in [-0.39, 0.29) is 5.60 Å². The second-order valence-electron chi connectivity index (χ2n) is 5.38. The predicted molar refractivity (Wildman–Crippen MR) is 58.8 cm³/mol. The van der Waals surface area contributed by atoms with E-state index in [0.717, 1.165) is 12.8 Å². The second kappa shape index (κ2) is 4.17. The summed E-state index contributed by atoms with van der Waals surface area (Å²) in [4.78, 5) is 0. The molecule has 0 spiro atoms. The van der Waals surface area contributed by atoms with E-state index < -0.39 is 0 Å². The summed E-state index contributed by atoms with van der Waals surface area (Å²) in [5, 5.41) is 0. The van der Waals surface area contributed by atoms with Crippen LogP contribution in [0.15, 0.2) is 0 Å². The van der Waals surface area contributed by atoms with E-state index in [0.29, 0.717) is 11.5 Å². The summed E-state index contributed by atoms with van der Waals surface area (Å²) >= 11 is 0. The lowest BCUT2D eigenvalue weighted by Gasteiger charge is -2.28. The fraction of sp³-hybridized carbons (Fsp3) is 1.00. The van der Waals surface area contributed by atoms with Crippen LogP contribution in [0.3, 0.4) is 0 Å². The van der Waals surface area contributed by atoms with Crippen molar-refractivity contribution in [1.29, 1.82) is 0 Å². The van der Waals surface area contributed by atoms with Gasteiger partial charge in [-0.05, 0) is 44.9 Å². The summed E-state index contributed by atoms with van der Waals surface area (Å²) in [5.74, 6) is 5.58. The van der Waals surface area contributed by atoms with Gasteiger partial charge >= 0.3 is 0 Å². The van der Waals surface area contributed by atoms with Crippen molar-refractivity contribution < 1.29 is 4.74 Å². The monoisotopic (exact) mass is 200 g/mol. The van der Waals surface area contributed by atoms with Crippen molar-refractivity contribution in [3.8, 4) is 0 Å². The molecule has 3 heteroatoms. The van der Waals surface area contributed by atoms with Crippen LogP contribution >= 0.6 is 0 Å². The summed E-state index contributed by atoms with van der Waals surface area (Å²) in [7, 11) is 1.77. The van der Waals surface area contributed by atoms with Gasteiger partial charge < -0.3 is 4.74 Å². The zero-order chi connectivity index (χ0) is 10.8. The minimum atomic E-state index is -0.0274. The van der Waals surface area contributed by atoms with Crippen LogP contribution in [-0.4, -0.2) is 18.8 Å². The Balaban J connectivity index is 2.35. The summed E-state index contributed by atoms with van der Waals surface area (Å²) in [5.41, 5.74) is 3.36. The first kappa shape index (κ1) is 12.0. The fourth-order valence-corrected chi connectivity index (χ4v) is 1.77. The molecule has 1 aliphatic rings. The van der Waals surface area contributed by atoms with Crippen molar-refractivity contribution in [2.24, 2.45) is 11.3 Å². The van der Waals surface area contributed by atoms with Crippen molar-refractivity contribution in [1.82, 2.24) is 5.43 Å². The van der Waals surface area contributed by atoms with E-state index >= 15 is 0 Å². The van der Waals surface area contributed by atoms with E-state index in [1.807, 2.05) is 0 Å². The lowest BCUT2D eigenvalue weighted by molar-refractivity contribution is 0.00996. The van der Waals surface area contributed by atoms with Crippen LogP contribution in [0.2, 0.25) is 0 Å². The van der Waals surface area contributed by atoms with Crippen molar-refractivity contribution in [2.45, 2.75) is 58.1 Å². The number of rotatable bonds is 6. The van der Waals surface area contributed by atoms with Crippen LogP contribution < -0.4 is 11.3 Å². The standard InChI is InChI=1S/C11H24N2O/c1-10(2,14-4)6-5-9(13-12)11(3)7-8-11/h9,13H,5-8,12H2,1-4H3. The Morgan fingerprint density at radius 1 is 1.50 bits per heavy atom. The maximum Gasteiger partial charge on any atom is 0.0623 e. The van der Waals surface area contributed by atoms with E-state index in [9.17, 15) is 0 Å². The average molecular weight is 200 g/mol. The lowest BCUT2D eigenvalue weighted by Crippen LogP contribution is -2.42. The van der Waals surface area contributed by atoms with Crippen molar-refractivity contribution in [3.05, 3.63) is 0 Å². The molecule has 0 bridgehead atoms. The number of hydrogen-bond donors (Lipinski definition) is 2. The quantitative estimate of drug-likeness (QED) is 0.508. The highest BCUT2D eigenvalue weighted by Gasteiger charge is 2.44. The topological polar surface area (TPSA) is 47.3 Å². The highest BCUT2D eigenvalue weighted by Crippen LogP contribution is 2.49. The number of nitrogens with one attached hydrogen (secondary N) is 1. The molecule has 0 aromatic heterocycles. The summed E-state index contributed by atoms with van der Waals surface area (Å²) in [6, 6.07) is 0.442. The van der Waals surface area contributed by atoms with Gasteiger partial charge in [0.15, 0.2) is 0 Å². The lowest BCUT2D eigenvalue weighted by atomic mass is 9.90. The van der Waals surface area contributed by atoms with Gasteiger partial charge in [-0.1, -0.05) is 6.92 Å². The highest BCUT2D eigenvalue weighted by atomic mass is 16.5. The van der Waals surface area contributed by atoms with Crippen molar-refractivity contribution in [3.63, 3.8) is 0 Å². The smallest absolute Gasteiger partial charge is 0.0623 e. The first-order chi connectivity index (χ1) is 6.43. The Labute approximate surface area is 87.4 Å². The van der Waals surface area contributed by atoms with Crippen LogP contribution in [0.1, 0.15) is 46.5 Å². The molecule has 0 radical (unpaired) electrons. The zero-order valence-electron chi connectivity index (χ0n) is 9.89. The van der Waals surface area contributed by atoms with Crippen LogP contribution in [0, 0.1) is 5.41 Å². The molecule has 1 aliphatic carbocycles. The number of nitrogens with two attached hydrogens (primary N) is 1. The predicted octanol–water partition coefficient (Wildman–Crippen LogP) is 1.82. The molecule has 0 aliphatic heterocycles. The summed E-state index contributed by atoms with van der Waals surface area (Å²) in [6.45, 7) is 6.54. The van der Waals surface area contributed by atoms with Gasteiger partial charge in [0.1, 0.15) is 0 Å². The number of ether oxygens (including phenoxy) is 1. The Morgan fingerprint density at radius 2 is 2.07 bits per heavy atom. The minimum absolute atomic E-state index is 0.0274. The van der Waals surface area contributed by atoms with Gasteiger partial charge in [0.05, 0.1) is 5.60 Å². The molecule has 1 saturated carbocycles. The average Bonchev–Trinajstić information content (AvgIpc) is 2.85. The van der Waals surface area contributed by atoms with E-state index in [2.05, 4.69) is 26.2 Å². The molecule has 1 fully saturated rings. The number of methoxy groups -OCH3 is 1. The third kappa shape index (κ3) is 2.94. The molecule has 0 aromatic rings. The minimum Gasteiger partial charge on any atom is -0.379 e. The Morgan fingerprint density at radius 3 is 2.43 bits per heavy atom. The normalized spacial score (nSPS) is 22.1. The van der Waals surface area contributed by atoms with Gasteiger partial charge in [-0.3, -0.25) is 11.3 Å². The maximum absolute atomic E-state index is 5.58. The van der Waals surface area contributed by atoms with Crippen LogP contribution in [-0.2, 0) is 4.74 Å². The third-order valence-electron chi connectivity index (χ3n) is 3.67. The molecular weight excluding hydrogens is 176 g/mol.